The number of hydrogen-bond donors (Lipinski definition) is 3. The van der Waals surface area contributed by atoms with Gasteiger partial charge < -0.3 is 20.1 Å². The number of sulfonamides is 1. The number of methoxy groups -OCH3 is 2. The van der Waals surface area contributed by atoms with Gasteiger partial charge in [-0.2, -0.15) is 0 Å². The number of anilines is 1. The zero-order chi connectivity index (χ0) is 18.4. The highest BCUT2D eigenvalue weighted by atomic mass is 32.2. The molecule has 2 aromatic carbocycles. The molecule has 2 rings (SSSR count). The molecule has 0 radical (unpaired) electrons. The van der Waals surface area contributed by atoms with E-state index in [-0.39, 0.29) is 11.4 Å². The molecule has 0 aliphatic carbocycles. The van der Waals surface area contributed by atoms with Crippen LogP contribution in [0.25, 0.3) is 0 Å². The van der Waals surface area contributed by atoms with Crippen LogP contribution in [0.1, 0.15) is 5.56 Å². The maximum Gasteiger partial charge on any atom is 0.319 e. The molecular formula is C16H19N3O5S. The van der Waals surface area contributed by atoms with Crippen molar-refractivity contribution in [3.63, 3.8) is 0 Å². The molecule has 0 bridgehead atoms. The average molecular weight is 365 g/mol. The number of hydrogen-bond acceptors (Lipinski definition) is 5. The van der Waals surface area contributed by atoms with Crippen LogP contribution in [-0.4, -0.2) is 28.7 Å². The zero-order valence-electron chi connectivity index (χ0n) is 13.8. The lowest BCUT2D eigenvalue weighted by molar-refractivity contribution is 0.251. The number of ether oxygens (including phenoxy) is 2. The topological polar surface area (TPSA) is 120 Å². The SMILES string of the molecule is COc1ccc(NC(=O)NCc2ccc(S(N)(=O)=O)cc2)cc1OC. The van der Waals surface area contributed by atoms with Crippen LogP contribution < -0.4 is 25.2 Å². The van der Waals surface area contributed by atoms with Gasteiger partial charge in [0.25, 0.3) is 0 Å². The number of amides is 2. The Morgan fingerprint density at radius 3 is 2.24 bits per heavy atom. The van der Waals surface area contributed by atoms with E-state index in [1.165, 1.54) is 26.4 Å². The summed E-state index contributed by atoms with van der Waals surface area (Å²) in [4.78, 5) is 12.0. The smallest absolute Gasteiger partial charge is 0.319 e. The first-order valence-electron chi connectivity index (χ1n) is 7.22. The fourth-order valence-electron chi connectivity index (χ4n) is 2.07. The average Bonchev–Trinajstić information content (AvgIpc) is 2.59. The van der Waals surface area contributed by atoms with E-state index in [1.807, 2.05) is 0 Å². The summed E-state index contributed by atoms with van der Waals surface area (Å²) in [5.41, 5.74) is 1.27. The highest BCUT2D eigenvalue weighted by Gasteiger charge is 2.09. The molecule has 0 aliphatic heterocycles. The van der Waals surface area contributed by atoms with Crippen LogP contribution in [0.3, 0.4) is 0 Å². The molecule has 0 spiro atoms. The van der Waals surface area contributed by atoms with Crippen molar-refractivity contribution in [2.75, 3.05) is 19.5 Å². The summed E-state index contributed by atoms with van der Waals surface area (Å²) >= 11 is 0. The van der Waals surface area contributed by atoms with Crippen LogP contribution in [0.15, 0.2) is 47.4 Å². The Hall–Kier alpha value is -2.78. The maximum absolute atomic E-state index is 12.0. The lowest BCUT2D eigenvalue weighted by Crippen LogP contribution is -2.28. The van der Waals surface area contributed by atoms with Crippen molar-refractivity contribution in [3.05, 3.63) is 48.0 Å². The minimum Gasteiger partial charge on any atom is -0.493 e. The van der Waals surface area contributed by atoms with Gasteiger partial charge in [-0.05, 0) is 29.8 Å². The molecule has 9 heteroatoms. The number of nitrogens with one attached hydrogen (secondary N) is 2. The third-order valence-corrected chi connectivity index (χ3v) is 4.28. The van der Waals surface area contributed by atoms with Crippen LogP contribution in [0.2, 0.25) is 0 Å². The van der Waals surface area contributed by atoms with Gasteiger partial charge in [0.1, 0.15) is 0 Å². The number of carbonyl (C=O) groups is 1. The van der Waals surface area contributed by atoms with E-state index >= 15 is 0 Å². The van der Waals surface area contributed by atoms with E-state index in [4.69, 9.17) is 14.6 Å². The monoisotopic (exact) mass is 365 g/mol. The van der Waals surface area contributed by atoms with E-state index in [2.05, 4.69) is 10.6 Å². The van der Waals surface area contributed by atoms with Gasteiger partial charge in [0, 0.05) is 18.3 Å². The van der Waals surface area contributed by atoms with Gasteiger partial charge in [-0.15, -0.1) is 0 Å². The zero-order valence-corrected chi connectivity index (χ0v) is 14.6. The van der Waals surface area contributed by atoms with Crippen molar-refractivity contribution in [2.45, 2.75) is 11.4 Å². The summed E-state index contributed by atoms with van der Waals surface area (Å²) in [7, 11) is -0.692. The number of primary sulfonamides is 1. The molecule has 4 N–H and O–H groups in total. The second-order valence-corrected chi connectivity index (χ2v) is 6.63. The van der Waals surface area contributed by atoms with Gasteiger partial charge in [0.05, 0.1) is 19.1 Å². The van der Waals surface area contributed by atoms with Crippen LogP contribution in [-0.2, 0) is 16.6 Å². The number of benzene rings is 2. The molecular weight excluding hydrogens is 346 g/mol. The summed E-state index contributed by atoms with van der Waals surface area (Å²) in [5.74, 6) is 1.06. The Kier molecular flexibility index (Phi) is 5.84. The Labute approximate surface area is 146 Å². The van der Waals surface area contributed by atoms with E-state index in [9.17, 15) is 13.2 Å². The first-order chi connectivity index (χ1) is 11.8. The molecule has 0 saturated heterocycles. The largest absolute Gasteiger partial charge is 0.493 e. The summed E-state index contributed by atoms with van der Waals surface area (Å²) in [6, 6.07) is 10.5. The van der Waals surface area contributed by atoms with E-state index < -0.39 is 16.1 Å². The van der Waals surface area contributed by atoms with Crippen molar-refractivity contribution >= 4 is 21.7 Å². The highest BCUT2D eigenvalue weighted by Crippen LogP contribution is 2.29. The molecule has 0 unspecified atom stereocenters. The molecule has 2 aromatic rings. The predicted molar refractivity (Wildman–Crippen MR) is 93.2 cm³/mol. The molecule has 0 aromatic heterocycles. The van der Waals surface area contributed by atoms with Crippen LogP contribution >= 0.6 is 0 Å². The van der Waals surface area contributed by atoms with Gasteiger partial charge in [0.2, 0.25) is 10.0 Å². The van der Waals surface area contributed by atoms with Crippen LogP contribution in [0.5, 0.6) is 11.5 Å². The Bertz CT molecular complexity index is 851. The molecule has 0 aliphatic rings. The summed E-state index contributed by atoms with van der Waals surface area (Å²) in [6.07, 6.45) is 0. The summed E-state index contributed by atoms with van der Waals surface area (Å²) in [6.45, 7) is 0.226. The minimum absolute atomic E-state index is 0.0195. The molecule has 0 atom stereocenters. The normalized spacial score (nSPS) is 10.8. The quantitative estimate of drug-likeness (QED) is 0.719. The lowest BCUT2D eigenvalue weighted by Gasteiger charge is -2.11. The van der Waals surface area contributed by atoms with Gasteiger partial charge >= 0.3 is 6.03 Å². The maximum atomic E-state index is 12.0. The Morgan fingerprint density at radius 1 is 1.04 bits per heavy atom. The summed E-state index contributed by atoms with van der Waals surface area (Å²) < 4.78 is 32.7. The molecule has 0 heterocycles. The minimum atomic E-state index is -3.73. The molecule has 8 nitrogen and oxygen atoms in total. The standard InChI is InChI=1S/C16H19N3O5S/c1-23-14-8-5-12(9-15(14)24-2)19-16(20)18-10-11-3-6-13(7-4-11)25(17,21)22/h3-9H,10H2,1-2H3,(H2,17,21,22)(H2,18,19,20). The lowest BCUT2D eigenvalue weighted by atomic mass is 10.2. The third kappa shape index (κ3) is 5.10. The fourth-order valence-corrected chi connectivity index (χ4v) is 2.58. The fraction of sp³-hybridized carbons (Fsp3) is 0.188. The van der Waals surface area contributed by atoms with Gasteiger partial charge in [0.15, 0.2) is 11.5 Å². The van der Waals surface area contributed by atoms with Gasteiger partial charge in [-0.1, -0.05) is 12.1 Å². The third-order valence-electron chi connectivity index (χ3n) is 3.35. The molecule has 2 amide bonds. The van der Waals surface area contributed by atoms with Crippen molar-refractivity contribution in [1.82, 2.24) is 5.32 Å². The number of urea groups is 1. The van der Waals surface area contributed by atoms with Gasteiger partial charge in [-0.25, -0.2) is 18.4 Å². The van der Waals surface area contributed by atoms with E-state index in [1.54, 1.807) is 30.3 Å². The van der Waals surface area contributed by atoms with Crippen molar-refractivity contribution in [1.29, 1.82) is 0 Å². The molecule has 0 fully saturated rings. The first kappa shape index (κ1) is 18.6. The molecule has 25 heavy (non-hydrogen) atoms. The Balaban J connectivity index is 1.94. The number of carbonyl (C=O) groups excluding carboxylic acids is 1. The Morgan fingerprint density at radius 2 is 1.68 bits per heavy atom. The predicted octanol–water partition coefficient (Wildman–Crippen LogP) is 1.67. The number of rotatable bonds is 6. The van der Waals surface area contributed by atoms with Crippen LogP contribution in [0, 0.1) is 0 Å². The second-order valence-electron chi connectivity index (χ2n) is 5.07. The van der Waals surface area contributed by atoms with Crippen LogP contribution in [0.4, 0.5) is 10.5 Å². The van der Waals surface area contributed by atoms with E-state index in [0.29, 0.717) is 17.2 Å². The van der Waals surface area contributed by atoms with Crippen molar-refractivity contribution in [3.8, 4) is 11.5 Å². The molecule has 0 saturated carbocycles. The highest BCUT2D eigenvalue weighted by molar-refractivity contribution is 7.89. The van der Waals surface area contributed by atoms with Crippen molar-refractivity contribution in [2.24, 2.45) is 5.14 Å². The van der Waals surface area contributed by atoms with E-state index in [0.717, 1.165) is 5.56 Å². The van der Waals surface area contributed by atoms with Gasteiger partial charge in [-0.3, -0.25) is 0 Å². The molecule has 134 valence electrons. The number of nitrogens with two attached hydrogens (primary N) is 1. The summed E-state index contributed by atoms with van der Waals surface area (Å²) in [5, 5.41) is 10.4. The first-order valence-corrected chi connectivity index (χ1v) is 8.76. The van der Waals surface area contributed by atoms with Crippen molar-refractivity contribution < 1.29 is 22.7 Å². The second kappa shape index (κ2) is 7.86.